The summed E-state index contributed by atoms with van der Waals surface area (Å²) in [7, 11) is 0. The van der Waals surface area contributed by atoms with E-state index in [-0.39, 0.29) is 18.2 Å². The van der Waals surface area contributed by atoms with Crippen LogP contribution in [0.15, 0.2) is 0 Å². The first-order valence-electron chi connectivity index (χ1n) is 5.62. The molecule has 0 unspecified atom stereocenters. The molecule has 0 spiro atoms. The Hall–Kier alpha value is -1.59. The average Bonchev–Trinajstić information content (AvgIpc) is 2.24. The minimum absolute atomic E-state index is 0.105. The van der Waals surface area contributed by atoms with Gasteiger partial charge in [0.25, 0.3) is 0 Å². The van der Waals surface area contributed by atoms with E-state index in [4.69, 9.17) is 5.11 Å². The van der Waals surface area contributed by atoms with Crippen molar-refractivity contribution in [3.05, 3.63) is 0 Å². The quantitative estimate of drug-likeness (QED) is 0.618. The van der Waals surface area contributed by atoms with Crippen molar-refractivity contribution < 1.29 is 19.5 Å². The van der Waals surface area contributed by atoms with E-state index in [1.807, 2.05) is 0 Å². The van der Waals surface area contributed by atoms with Crippen molar-refractivity contribution >= 4 is 17.8 Å². The fraction of sp³-hybridized carbons (Fsp3) is 0.727. The van der Waals surface area contributed by atoms with Crippen LogP contribution in [0, 0.1) is 5.92 Å². The van der Waals surface area contributed by atoms with E-state index in [9.17, 15) is 14.4 Å². The summed E-state index contributed by atoms with van der Waals surface area (Å²) in [6.07, 6.45) is 0.283. The summed E-state index contributed by atoms with van der Waals surface area (Å²) < 4.78 is 0. The molecular formula is C11H20N2O4. The number of aliphatic carboxylic acids is 1. The normalized spacial score (nSPS) is 13.9. The van der Waals surface area contributed by atoms with Gasteiger partial charge in [-0.1, -0.05) is 20.8 Å². The van der Waals surface area contributed by atoms with Crippen LogP contribution in [-0.4, -0.2) is 35.0 Å². The van der Waals surface area contributed by atoms with Gasteiger partial charge >= 0.3 is 5.97 Å². The first-order chi connectivity index (χ1) is 7.79. The number of carbonyl (C=O) groups excluding carboxylic acids is 2. The molecule has 98 valence electrons. The molecule has 0 aliphatic carbocycles. The largest absolute Gasteiger partial charge is 0.480 e. The summed E-state index contributed by atoms with van der Waals surface area (Å²) in [5.74, 6) is -1.92. The van der Waals surface area contributed by atoms with Gasteiger partial charge in [0.2, 0.25) is 11.8 Å². The number of carboxylic acid groups (broad SMARTS) is 1. The van der Waals surface area contributed by atoms with Crippen LogP contribution in [0.2, 0.25) is 0 Å². The number of carbonyl (C=O) groups is 3. The average molecular weight is 244 g/mol. The Morgan fingerprint density at radius 1 is 1.12 bits per heavy atom. The van der Waals surface area contributed by atoms with E-state index in [0.717, 1.165) is 0 Å². The number of hydrogen-bond acceptors (Lipinski definition) is 3. The van der Waals surface area contributed by atoms with Gasteiger partial charge in [0, 0.05) is 6.42 Å². The molecule has 2 atom stereocenters. The molecule has 0 rings (SSSR count). The Kier molecular flexibility index (Phi) is 6.23. The third-order valence-corrected chi connectivity index (χ3v) is 2.32. The van der Waals surface area contributed by atoms with Crippen molar-refractivity contribution in [1.29, 1.82) is 0 Å². The second-order valence-corrected chi connectivity index (χ2v) is 4.21. The highest BCUT2D eigenvalue weighted by atomic mass is 16.4. The summed E-state index contributed by atoms with van der Waals surface area (Å²) in [6, 6.07) is -1.67. The van der Waals surface area contributed by atoms with E-state index in [0.29, 0.717) is 0 Å². The molecule has 0 heterocycles. The number of rotatable bonds is 6. The van der Waals surface area contributed by atoms with Crippen LogP contribution in [-0.2, 0) is 14.4 Å². The minimum Gasteiger partial charge on any atom is -0.480 e. The predicted molar refractivity (Wildman–Crippen MR) is 62.3 cm³/mol. The van der Waals surface area contributed by atoms with Crippen molar-refractivity contribution in [2.45, 2.75) is 46.2 Å². The van der Waals surface area contributed by atoms with Crippen LogP contribution >= 0.6 is 0 Å². The number of carboxylic acids is 1. The van der Waals surface area contributed by atoms with Gasteiger partial charge in [-0.3, -0.25) is 14.4 Å². The molecule has 17 heavy (non-hydrogen) atoms. The Balaban J connectivity index is 4.55. The molecular weight excluding hydrogens is 224 g/mol. The van der Waals surface area contributed by atoms with Gasteiger partial charge in [0.15, 0.2) is 0 Å². The zero-order valence-electron chi connectivity index (χ0n) is 10.6. The molecule has 2 amide bonds. The number of hydrogen-bond donors (Lipinski definition) is 3. The number of amides is 2. The SMILES string of the molecule is CCC(=O)N[C@H](C(=O)N[C@@H](C)C(=O)O)C(C)C. The molecule has 0 aromatic heterocycles. The molecule has 0 bridgehead atoms. The second kappa shape index (κ2) is 6.88. The number of nitrogens with one attached hydrogen (secondary N) is 2. The van der Waals surface area contributed by atoms with E-state index in [1.54, 1.807) is 20.8 Å². The van der Waals surface area contributed by atoms with E-state index in [1.165, 1.54) is 6.92 Å². The van der Waals surface area contributed by atoms with Crippen LogP contribution in [0.1, 0.15) is 34.1 Å². The summed E-state index contributed by atoms with van der Waals surface area (Å²) in [5.41, 5.74) is 0. The zero-order valence-corrected chi connectivity index (χ0v) is 10.6. The van der Waals surface area contributed by atoms with E-state index in [2.05, 4.69) is 10.6 Å². The van der Waals surface area contributed by atoms with Gasteiger partial charge in [-0.25, -0.2) is 0 Å². The highest BCUT2D eigenvalue weighted by Gasteiger charge is 2.26. The van der Waals surface area contributed by atoms with E-state index >= 15 is 0 Å². The summed E-state index contributed by atoms with van der Waals surface area (Å²) in [5, 5.41) is 13.6. The lowest BCUT2D eigenvalue weighted by molar-refractivity contribution is -0.141. The second-order valence-electron chi connectivity index (χ2n) is 4.21. The Labute approximate surface area is 101 Å². The maximum atomic E-state index is 11.8. The third kappa shape index (κ3) is 5.33. The summed E-state index contributed by atoms with van der Waals surface area (Å²) >= 11 is 0. The van der Waals surface area contributed by atoms with Crippen molar-refractivity contribution in [2.24, 2.45) is 5.92 Å². The molecule has 3 N–H and O–H groups in total. The molecule has 0 aromatic rings. The molecule has 0 aliphatic rings. The molecule has 0 fully saturated rings. The van der Waals surface area contributed by atoms with Crippen LogP contribution in [0.4, 0.5) is 0 Å². The predicted octanol–water partition coefficient (Wildman–Crippen LogP) is 0.127. The maximum absolute atomic E-state index is 11.8. The smallest absolute Gasteiger partial charge is 0.325 e. The van der Waals surface area contributed by atoms with Gasteiger partial charge in [-0.15, -0.1) is 0 Å². The molecule has 0 saturated carbocycles. The van der Waals surface area contributed by atoms with Crippen LogP contribution in [0.3, 0.4) is 0 Å². The first-order valence-corrected chi connectivity index (χ1v) is 5.62. The molecule has 0 saturated heterocycles. The fourth-order valence-electron chi connectivity index (χ4n) is 1.18. The van der Waals surface area contributed by atoms with Gasteiger partial charge < -0.3 is 15.7 Å². The topological polar surface area (TPSA) is 95.5 Å². The van der Waals surface area contributed by atoms with Gasteiger partial charge in [-0.2, -0.15) is 0 Å². The van der Waals surface area contributed by atoms with Gasteiger partial charge in [-0.05, 0) is 12.8 Å². The third-order valence-electron chi connectivity index (χ3n) is 2.32. The van der Waals surface area contributed by atoms with Crippen molar-refractivity contribution in [1.82, 2.24) is 10.6 Å². The van der Waals surface area contributed by atoms with Crippen LogP contribution < -0.4 is 10.6 Å². The molecule has 0 radical (unpaired) electrons. The molecule has 0 aliphatic heterocycles. The zero-order chi connectivity index (χ0) is 13.6. The van der Waals surface area contributed by atoms with Crippen molar-refractivity contribution in [3.63, 3.8) is 0 Å². The fourth-order valence-corrected chi connectivity index (χ4v) is 1.18. The standard InChI is InChI=1S/C11H20N2O4/c1-5-8(14)13-9(6(2)3)10(15)12-7(4)11(16)17/h6-7,9H,5H2,1-4H3,(H,12,15)(H,13,14)(H,16,17)/t7-,9-/m0/s1. The monoisotopic (exact) mass is 244 g/mol. The Bertz CT molecular complexity index is 302. The van der Waals surface area contributed by atoms with Crippen molar-refractivity contribution in [2.75, 3.05) is 0 Å². The van der Waals surface area contributed by atoms with Gasteiger partial charge in [0.1, 0.15) is 12.1 Å². The minimum atomic E-state index is -1.11. The highest BCUT2D eigenvalue weighted by Crippen LogP contribution is 2.03. The Morgan fingerprint density at radius 2 is 1.65 bits per heavy atom. The lowest BCUT2D eigenvalue weighted by Crippen LogP contribution is -2.52. The summed E-state index contributed by atoms with van der Waals surface area (Å²) in [4.78, 5) is 33.6. The molecule has 0 aromatic carbocycles. The summed E-state index contributed by atoms with van der Waals surface area (Å²) in [6.45, 7) is 6.63. The highest BCUT2D eigenvalue weighted by molar-refractivity contribution is 5.90. The maximum Gasteiger partial charge on any atom is 0.325 e. The lowest BCUT2D eigenvalue weighted by Gasteiger charge is -2.22. The van der Waals surface area contributed by atoms with Gasteiger partial charge in [0.05, 0.1) is 0 Å². The van der Waals surface area contributed by atoms with E-state index < -0.39 is 24.0 Å². The lowest BCUT2D eigenvalue weighted by atomic mass is 10.0. The molecule has 6 nitrogen and oxygen atoms in total. The molecule has 6 heteroatoms. The first kappa shape index (κ1) is 15.4. The van der Waals surface area contributed by atoms with Crippen molar-refractivity contribution in [3.8, 4) is 0 Å². The Morgan fingerprint density at radius 3 is 2.00 bits per heavy atom. The van der Waals surface area contributed by atoms with Crippen LogP contribution in [0.25, 0.3) is 0 Å². The van der Waals surface area contributed by atoms with Crippen LogP contribution in [0.5, 0.6) is 0 Å².